The van der Waals surface area contributed by atoms with E-state index in [0.717, 1.165) is 13.0 Å². The number of rotatable bonds is 1. The van der Waals surface area contributed by atoms with Gasteiger partial charge in [-0.1, -0.05) is 32.9 Å². The highest BCUT2D eigenvalue weighted by molar-refractivity contribution is 5.55. The van der Waals surface area contributed by atoms with Crippen LogP contribution in [-0.4, -0.2) is 6.54 Å². The number of nitrogens with one attached hydrogen (secondary N) is 1. The Balaban J connectivity index is 2.34. The zero-order valence-corrected chi connectivity index (χ0v) is 9.35. The third-order valence-electron chi connectivity index (χ3n) is 3.00. The summed E-state index contributed by atoms with van der Waals surface area (Å²) < 4.78 is 0. The zero-order valence-electron chi connectivity index (χ0n) is 9.35. The summed E-state index contributed by atoms with van der Waals surface area (Å²) in [4.78, 5) is 0. The molecule has 0 fully saturated rings. The number of benzene rings is 1. The highest BCUT2D eigenvalue weighted by Crippen LogP contribution is 2.32. The van der Waals surface area contributed by atoms with E-state index in [1.807, 2.05) is 0 Å². The van der Waals surface area contributed by atoms with Gasteiger partial charge in [0.25, 0.3) is 0 Å². The second-order valence-corrected chi connectivity index (χ2v) is 5.04. The van der Waals surface area contributed by atoms with Crippen molar-refractivity contribution in [3.8, 4) is 0 Å². The Kier molecular flexibility index (Phi) is 2.26. The van der Waals surface area contributed by atoms with Gasteiger partial charge in [-0.15, -0.1) is 0 Å². The molecule has 0 saturated carbocycles. The van der Waals surface area contributed by atoms with Gasteiger partial charge in [-0.05, 0) is 35.4 Å². The zero-order chi connectivity index (χ0) is 10.2. The molecule has 0 spiro atoms. The summed E-state index contributed by atoms with van der Waals surface area (Å²) >= 11 is 0. The van der Waals surface area contributed by atoms with Crippen molar-refractivity contribution in [2.24, 2.45) is 5.41 Å². The molecule has 1 N–H and O–H groups in total. The molecular weight excluding hydrogens is 170 g/mol. The lowest BCUT2D eigenvalue weighted by atomic mass is 9.82. The van der Waals surface area contributed by atoms with Crippen molar-refractivity contribution in [1.82, 2.24) is 0 Å². The van der Waals surface area contributed by atoms with Crippen LogP contribution in [0, 0.1) is 5.41 Å². The highest BCUT2D eigenvalue weighted by atomic mass is 14.9. The van der Waals surface area contributed by atoms with Crippen LogP contribution >= 0.6 is 0 Å². The van der Waals surface area contributed by atoms with Gasteiger partial charge in [0.05, 0.1) is 0 Å². The summed E-state index contributed by atoms with van der Waals surface area (Å²) in [5.41, 5.74) is 4.67. The minimum absolute atomic E-state index is 0.402. The third-order valence-corrected chi connectivity index (χ3v) is 3.00. The van der Waals surface area contributed by atoms with Gasteiger partial charge >= 0.3 is 0 Å². The standard InChI is InChI=1S/C13H19N/c1-4-10-5-6-12-11(7-10)8-13(2,3)9-14-12/h5-7,14H,4,8-9H2,1-3H3. The van der Waals surface area contributed by atoms with Gasteiger partial charge in [0.1, 0.15) is 0 Å². The average Bonchev–Trinajstić information content (AvgIpc) is 2.15. The van der Waals surface area contributed by atoms with Gasteiger partial charge in [-0.3, -0.25) is 0 Å². The molecule has 0 aliphatic carbocycles. The first-order valence-corrected chi connectivity index (χ1v) is 5.46. The van der Waals surface area contributed by atoms with E-state index < -0.39 is 0 Å². The number of fused-ring (bicyclic) bond motifs is 1. The van der Waals surface area contributed by atoms with Crippen molar-refractivity contribution in [3.63, 3.8) is 0 Å². The summed E-state index contributed by atoms with van der Waals surface area (Å²) in [5, 5.41) is 3.50. The largest absolute Gasteiger partial charge is 0.384 e. The second-order valence-electron chi connectivity index (χ2n) is 5.04. The molecule has 1 heterocycles. The summed E-state index contributed by atoms with van der Waals surface area (Å²) in [6, 6.07) is 6.80. The minimum atomic E-state index is 0.402. The van der Waals surface area contributed by atoms with Gasteiger partial charge < -0.3 is 5.32 Å². The number of anilines is 1. The lowest BCUT2D eigenvalue weighted by molar-refractivity contribution is 0.379. The second kappa shape index (κ2) is 3.30. The van der Waals surface area contributed by atoms with E-state index in [-0.39, 0.29) is 0 Å². The van der Waals surface area contributed by atoms with Crippen molar-refractivity contribution < 1.29 is 0 Å². The lowest BCUT2D eigenvalue weighted by Gasteiger charge is -2.32. The maximum atomic E-state index is 3.50. The number of hydrogen-bond donors (Lipinski definition) is 1. The summed E-state index contributed by atoms with van der Waals surface area (Å²) in [6.07, 6.45) is 2.33. The molecule has 1 aromatic rings. The van der Waals surface area contributed by atoms with Crippen LogP contribution in [0.4, 0.5) is 5.69 Å². The molecule has 2 rings (SSSR count). The summed E-state index contributed by atoms with van der Waals surface area (Å²) in [5.74, 6) is 0. The molecule has 0 radical (unpaired) electrons. The van der Waals surface area contributed by atoms with Gasteiger partial charge in [-0.2, -0.15) is 0 Å². The Labute approximate surface area is 86.5 Å². The van der Waals surface area contributed by atoms with Gasteiger partial charge in [0, 0.05) is 12.2 Å². The Bertz CT molecular complexity index is 339. The first-order chi connectivity index (χ1) is 6.61. The molecule has 1 nitrogen and oxygen atoms in total. The van der Waals surface area contributed by atoms with E-state index in [1.165, 1.54) is 23.2 Å². The molecule has 76 valence electrons. The summed E-state index contributed by atoms with van der Waals surface area (Å²) in [7, 11) is 0. The van der Waals surface area contributed by atoms with E-state index >= 15 is 0 Å². The van der Waals surface area contributed by atoms with E-state index in [9.17, 15) is 0 Å². The molecule has 1 aliphatic heterocycles. The van der Waals surface area contributed by atoms with Crippen molar-refractivity contribution in [1.29, 1.82) is 0 Å². The molecule has 1 aliphatic rings. The van der Waals surface area contributed by atoms with Gasteiger partial charge in [0.2, 0.25) is 0 Å². The van der Waals surface area contributed by atoms with Crippen molar-refractivity contribution >= 4 is 5.69 Å². The summed E-state index contributed by atoms with van der Waals surface area (Å²) in [6.45, 7) is 7.94. The van der Waals surface area contributed by atoms with E-state index in [4.69, 9.17) is 0 Å². The monoisotopic (exact) mass is 189 g/mol. The van der Waals surface area contributed by atoms with Crippen molar-refractivity contribution in [2.75, 3.05) is 11.9 Å². The quantitative estimate of drug-likeness (QED) is 0.715. The predicted octanol–water partition coefficient (Wildman–Crippen LogP) is 3.24. The van der Waals surface area contributed by atoms with Crippen LogP contribution in [0.25, 0.3) is 0 Å². The number of aryl methyl sites for hydroxylation is 1. The fourth-order valence-corrected chi connectivity index (χ4v) is 2.10. The highest BCUT2D eigenvalue weighted by Gasteiger charge is 2.24. The fourth-order valence-electron chi connectivity index (χ4n) is 2.10. The van der Waals surface area contributed by atoms with Gasteiger partial charge in [-0.25, -0.2) is 0 Å². The molecule has 1 aromatic carbocycles. The SMILES string of the molecule is CCc1ccc2c(c1)CC(C)(C)CN2. The fraction of sp³-hybridized carbons (Fsp3) is 0.538. The molecule has 0 amide bonds. The van der Waals surface area contributed by atoms with Crippen molar-refractivity contribution in [2.45, 2.75) is 33.6 Å². The Morgan fingerprint density at radius 2 is 2.14 bits per heavy atom. The normalized spacial score (nSPS) is 18.5. The molecule has 0 saturated heterocycles. The van der Waals surface area contributed by atoms with Gasteiger partial charge in [0.15, 0.2) is 0 Å². The van der Waals surface area contributed by atoms with Crippen LogP contribution in [0.2, 0.25) is 0 Å². The molecule has 0 bridgehead atoms. The Morgan fingerprint density at radius 1 is 1.36 bits per heavy atom. The minimum Gasteiger partial charge on any atom is -0.384 e. The molecule has 0 atom stereocenters. The van der Waals surface area contributed by atoms with Crippen LogP contribution in [0.15, 0.2) is 18.2 Å². The maximum Gasteiger partial charge on any atom is 0.0373 e. The first kappa shape index (κ1) is 9.57. The first-order valence-electron chi connectivity index (χ1n) is 5.46. The lowest BCUT2D eigenvalue weighted by Crippen LogP contribution is -2.30. The Morgan fingerprint density at radius 3 is 2.86 bits per heavy atom. The third kappa shape index (κ3) is 1.77. The van der Waals surface area contributed by atoms with Crippen LogP contribution in [0.1, 0.15) is 31.9 Å². The Hall–Kier alpha value is -0.980. The molecule has 0 aromatic heterocycles. The molecule has 14 heavy (non-hydrogen) atoms. The van der Waals surface area contributed by atoms with Crippen LogP contribution in [0.5, 0.6) is 0 Å². The molecular formula is C13H19N. The van der Waals surface area contributed by atoms with Crippen LogP contribution < -0.4 is 5.32 Å². The predicted molar refractivity (Wildman–Crippen MR) is 61.8 cm³/mol. The number of hydrogen-bond acceptors (Lipinski definition) is 1. The molecule has 0 unspecified atom stereocenters. The van der Waals surface area contributed by atoms with E-state index in [2.05, 4.69) is 44.3 Å². The topological polar surface area (TPSA) is 12.0 Å². The van der Waals surface area contributed by atoms with Crippen molar-refractivity contribution in [3.05, 3.63) is 29.3 Å². The van der Waals surface area contributed by atoms with E-state index in [1.54, 1.807) is 0 Å². The molecule has 1 heteroatoms. The average molecular weight is 189 g/mol. The maximum absolute atomic E-state index is 3.50. The van der Waals surface area contributed by atoms with Crippen LogP contribution in [0.3, 0.4) is 0 Å². The van der Waals surface area contributed by atoms with Crippen LogP contribution in [-0.2, 0) is 12.8 Å². The van der Waals surface area contributed by atoms with E-state index in [0.29, 0.717) is 5.41 Å². The smallest absolute Gasteiger partial charge is 0.0373 e.